The van der Waals surface area contributed by atoms with Crippen molar-refractivity contribution in [3.63, 3.8) is 0 Å². The lowest BCUT2D eigenvalue weighted by Gasteiger charge is -2.36. The second-order valence-electron chi connectivity index (χ2n) is 4.49. The smallest absolute Gasteiger partial charge is 0.416 e. The average molecular weight is 263 g/mol. The second-order valence-corrected chi connectivity index (χ2v) is 4.49. The summed E-state index contributed by atoms with van der Waals surface area (Å²) < 4.78 is 4.84. The quantitative estimate of drug-likeness (QED) is 0.881. The summed E-state index contributed by atoms with van der Waals surface area (Å²) in [6, 6.07) is 8.69. The van der Waals surface area contributed by atoms with Crippen molar-refractivity contribution in [3.05, 3.63) is 35.9 Å². The van der Waals surface area contributed by atoms with Crippen molar-refractivity contribution in [2.24, 2.45) is 0 Å². The van der Waals surface area contributed by atoms with E-state index < -0.39 is 17.6 Å². The van der Waals surface area contributed by atoms with Crippen LogP contribution in [0.4, 0.5) is 4.79 Å². The Kier molecular flexibility index (Phi) is 3.85. The van der Waals surface area contributed by atoms with E-state index in [1.807, 2.05) is 6.07 Å². The zero-order valence-electron chi connectivity index (χ0n) is 10.8. The van der Waals surface area contributed by atoms with Gasteiger partial charge < -0.3 is 9.84 Å². The minimum Gasteiger partial charge on any atom is -0.449 e. The standard InChI is InChI=1S/C14H17NO4/c1-2-19-13(17)15-10-6-9-14(18,12(15)16)11-7-4-3-5-8-11/h3-5,7-8,18H,2,6,9-10H2,1H3. The van der Waals surface area contributed by atoms with Gasteiger partial charge in [0.15, 0.2) is 5.60 Å². The number of rotatable bonds is 2. The molecule has 0 aromatic heterocycles. The molecular formula is C14H17NO4. The number of ether oxygens (including phenoxy) is 1. The number of benzene rings is 1. The van der Waals surface area contributed by atoms with E-state index in [4.69, 9.17) is 4.74 Å². The number of carbonyl (C=O) groups is 2. The molecule has 102 valence electrons. The van der Waals surface area contributed by atoms with Gasteiger partial charge in [-0.1, -0.05) is 30.3 Å². The van der Waals surface area contributed by atoms with Crippen LogP contribution in [0, 0.1) is 0 Å². The molecule has 1 atom stereocenters. The van der Waals surface area contributed by atoms with Crippen molar-refractivity contribution in [3.8, 4) is 0 Å². The highest BCUT2D eigenvalue weighted by Gasteiger charge is 2.46. The summed E-state index contributed by atoms with van der Waals surface area (Å²) >= 11 is 0. The van der Waals surface area contributed by atoms with Crippen LogP contribution in [0.1, 0.15) is 25.3 Å². The van der Waals surface area contributed by atoms with Gasteiger partial charge in [-0.3, -0.25) is 4.79 Å². The number of amides is 2. The normalized spacial score (nSPS) is 23.3. The van der Waals surface area contributed by atoms with Crippen LogP contribution in [-0.2, 0) is 15.1 Å². The molecule has 0 spiro atoms. The summed E-state index contributed by atoms with van der Waals surface area (Å²) in [4.78, 5) is 25.0. The molecule has 1 unspecified atom stereocenters. The molecule has 0 radical (unpaired) electrons. The molecule has 5 heteroatoms. The highest BCUT2D eigenvalue weighted by molar-refractivity contribution is 5.98. The first-order valence-corrected chi connectivity index (χ1v) is 6.36. The summed E-state index contributed by atoms with van der Waals surface area (Å²) in [5.74, 6) is -0.608. The number of carbonyl (C=O) groups excluding carboxylic acids is 2. The van der Waals surface area contributed by atoms with E-state index in [-0.39, 0.29) is 13.2 Å². The van der Waals surface area contributed by atoms with Crippen LogP contribution in [0.3, 0.4) is 0 Å². The van der Waals surface area contributed by atoms with Gasteiger partial charge >= 0.3 is 6.09 Å². The molecule has 2 rings (SSSR count). The van der Waals surface area contributed by atoms with Gasteiger partial charge in [-0.15, -0.1) is 0 Å². The van der Waals surface area contributed by atoms with E-state index in [2.05, 4.69) is 0 Å². The first kappa shape index (κ1) is 13.5. The maximum Gasteiger partial charge on any atom is 0.416 e. The molecule has 1 heterocycles. The van der Waals surface area contributed by atoms with E-state index in [0.29, 0.717) is 18.4 Å². The lowest BCUT2D eigenvalue weighted by atomic mass is 9.85. The van der Waals surface area contributed by atoms with Gasteiger partial charge in [0.2, 0.25) is 0 Å². The zero-order chi connectivity index (χ0) is 13.9. The van der Waals surface area contributed by atoms with Crippen LogP contribution < -0.4 is 0 Å². The summed E-state index contributed by atoms with van der Waals surface area (Å²) in [6.07, 6.45) is 0.170. The molecule has 1 aliphatic rings. The predicted octanol–water partition coefficient (Wildman–Crippen LogP) is 1.65. The van der Waals surface area contributed by atoms with E-state index in [1.165, 1.54) is 0 Å². The van der Waals surface area contributed by atoms with Gasteiger partial charge in [0.05, 0.1) is 6.61 Å². The third kappa shape index (κ3) is 2.46. The van der Waals surface area contributed by atoms with Gasteiger partial charge in [0, 0.05) is 6.54 Å². The molecule has 0 aliphatic carbocycles. The lowest BCUT2D eigenvalue weighted by Crippen LogP contribution is -2.53. The molecule has 1 N–H and O–H groups in total. The summed E-state index contributed by atoms with van der Waals surface area (Å²) in [5.41, 5.74) is -1.12. The summed E-state index contributed by atoms with van der Waals surface area (Å²) in [5, 5.41) is 10.6. The number of hydrogen-bond acceptors (Lipinski definition) is 4. The molecule has 2 amide bonds. The van der Waals surface area contributed by atoms with Gasteiger partial charge in [-0.05, 0) is 25.3 Å². The van der Waals surface area contributed by atoms with E-state index in [1.54, 1.807) is 31.2 Å². The SMILES string of the molecule is CCOC(=O)N1CCCC(O)(c2ccccc2)C1=O. The first-order chi connectivity index (χ1) is 9.09. The number of likely N-dealkylation sites (tertiary alicyclic amines) is 1. The molecule has 0 bridgehead atoms. The van der Waals surface area contributed by atoms with E-state index >= 15 is 0 Å². The van der Waals surface area contributed by atoms with E-state index in [9.17, 15) is 14.7 Å². The van der Waals surface area contributed by atoms with Crippen LogP contribution in [0.2, 0.25) is 0 Å². The molecule has 1 aromatic carbocycles. The fourth-order valence-corrected chi connectivity index (χ4v) is 2.28. The van der Waals surface area contributed by atoms with Crippen LogP contribution in [0.25, 0.3) is 0 Å². The highest BCUT2D eigenvalue weighted by Crippen LogP contribution is 2.32. The van der Waals surface area contributed by atoms with Gasteiger partial charge in [-0.2, -0.15) is 0 Å². The summed E-state index contributed by atoms with van der Waals surface area (Å²) in [6.45, 7) is 2.16. The number of imide groups is 1. The van der Waals surface area contributed by atoms with Gasteiger partial charge in [0.25, 0.3) is 5.91 Å². The topological polar surface area (TPSA) is 66.8 Å². The van der Waals surface area contributed by atoms with Crippen LogP contribution >= 0.6 is 0 Å². The Balaban J connectivity index is 2.27. The van der Waals surface area contributed by atoms with E-state index in [0.717, 1.165) is 4.90 Å². The zero-order valence-corrected chi connectivity index (χ0v) is 10.8. The third-order valence-corrected chi connectivity index (χ3v) is 3.26. The van der Waals surface area contributed by atoms with Crippen LogP contribution in [0.5, 0.6) is 0 Å². The molecule has 5 nitrogen and oxygen atoms in total. The molecule has 1 saturated heterocycles. The Hall–Kier alpha value is -1.88. The number of aliphatic hydroxyl groups is 1. The van der Waals surface area contributed by atoms with Gasteiger partial charge in [0.1, 0.15) is 0 Å². The predicted molar refractivity (Wildman–Crippen MR) is 68.3 cm³/mol. The molecule has 19 heavy (non-hydrogen) atoms. The molecular weight excluding hydrogens is 246 g/mol. The van der Waals surface area contributed by atoms with Crippen molar-refractivity contribution in [1.82, 2.24) is 4.90 Å². The van der Waals surface area contributed by atoms with Crippen LogP contribution in [-0.4, -0.2) is 35.2 Å². The van der Waals surface area contributed by atoms with Crippen molar-refractivity contribution < 1.29 is 19.4 Å². The maximum atomic E-state index is 12.3. The lowest BCUT2D eigenvalue weighted by molar-refractivity contribution is -0.156. The Bertz CT molecular complexity index is 474. The Labute approximate surface area is 111 Å². The van der Waals surface area contributed by atoms with Crippen molar-refractivity contribution >= 4 is 12.0 Å². The van der Waals surface area contributed by atoms with Gasteiger partial charge in [-0.25, -0.2) is 9.69 Å². The fourth-order valence-electron chi connectivity index (χ4n) is 2.28. The molecule has 1 fully saturated rings. The number of piperidine rings is 1. The monoisotopic (exact) mass is 263 g/mol. The van der Waals surface area contributed by atoms with Crippen LogP contribution in [0.15, 0.2) is 30.3 Å². The maximum absolute atomic E-state index is 12.3. The number of nitrogens with zero attached hydrogens (tertiary/aromatic N) is 1. The third-order valence-electron chi connectivity index (χ3n) is 3.26. The largest absolute Gasteiger partial charge is 0.449 e. The summed E-state index contributed by atoms with van der Waals surface area (Å²) in [7, 11) is 0. The fraction of sp³-hybridized carbons (Fsp3) is 0.429. The Morgan fingerprint density at radius 3 is 2.74 bits per heavy atom. The Morgan fingerprint density at radius 1 is 1.42 bits per heavy atom. The van der Waals surface area contributed by atoms with Crippen molar-refractivity contribution in [1.29, 1.82) is 0 Å². The minimum atomic E-state index is -1.63. The average Bonchev–Trinajstić information content (AvgIpc) is 2.43. The number of hydrogen-bond donors (Lipinski definition) is 1. The Morgan fingerprint density at radius 2 is 2.11 bits per heavy atom. The highest BCUT2D eigenvalue weighted by atomic mass is 16.6. The molecule has 1 aliphatic heterocycles. The minimum absolute atomic E-state index is 0.201. The van der Waals surface area contributed by atoms with Crippen molar-refractivity contribution in [2.75, 3.05) is 13.2 Å². The second kappa shape index (κ2) is 5.40. The molecule has 1 aromatic rings. The van der Waals surface area contributed by atoms with Crippen molar-refractivity contribution in [2.45, 2.75) is 25.4 Å². The first-order valence-electron chi connectivity index (χ1n) is 6.36. The molecule has 0 saturated carbocycles.